The summed E-state index contributed by atoms with van der Waals surface area (Å²) in [4.78, 5) is 72.5. The zero-order valence-electron chi connectivity index (χ0n) is 58.8. The first-order valence-electron chi connectivity index (χ1n) is 36.7. The van der Waals surface area contributed by atoms with Gasteiger partial charge in [0.05, 0.1) is 26.4 Å². The Balaban J connectivity index is 5.22. The Bertz CT molecular complexity index is 1780. The molecule has 0 heterocycles. The van der Waals surface area contributed by atoms with E-state index < -0.39 is 97.5 Å². The summed E-state index contributed by atoms with van der Waals surface area (Å²) < 4.78 is 68.3. The Labute approximate surface area is 549 Å². The summed E-state index contributed by atoms with van der Waals surface area (Å²) in [7, 11) is -9.90. The Kier molecular flexibility index (Phi) is 59.4. The standard InChI is InChI=1S/C71H138O17P2/c1-9-64(8)50-42-34-26-18-14-12-10-11-13-15-19-27-37-45-53-70(75)87-66(57-81-68(73)51-43-35-29-21-24-32-40-48-62(4)5)59-85-89(77,78)83-55-65(72)56-84-90(79,80)86-60-67(58-82-69(74)52-44-36-30-22-25-33-41-49-63(6)7)88-71(76)54-46-38-28-20-16-17-23-31-39-47-61(2)3/h61-67,72H,9-60H2,1-8H3,(H,77,78)(H,79,80)/t64?,65?,66-,67-/m1/s1. The number of carbonyl (C=O) groups is 4. The summed E-state index contributed by atoms with van der Waals surface area (Å²) in [6.45, 7) is 14.1. The molecule has 0 aromatic carbocycles. The number of aliphatic hydroxyl groups is 1. The third-order valence-electron chi connectivity index (χ3n) is 16.7. The minimum absolute atomic E-state index is 0.104. The second kappa shape index (κ2) is 60.7. The predicted octanol–water partition coefficient (Wildman–Crippen LogP) is 20.1. The summed E-state index contributed by atoms with van der Waals surface area (Å²) in [6, 6.07) is 0. The Morgan fingerprint density at radius 3 is 0.789 bits per heavy atom. The lowest BCUT2D eigenvalue weighted by molar-refractivity contribution is -0.161. The maximum Gasteiger partial charge on any atom is 0.472 e. The molecule has 0 aromatic heterocycles. The molecule has 0 aliphatic heterocycles. The highest BCUT2D eigenvalue weighted by Crippen LogP contribution is 2.45. The summed E-state index contributed by atoms with van der Waals surface area (Å²) in [5, 5.41) is 10.6. The molecule has 4 unspecified atom stereocenters. The van der Waals surface area contributed by atoms with Crippen molar-refractivity contribution in [2.75, 3.05) is 39.6 Å². The van der Waals surface area contributed by atoms with Crippen molar-refractivity contribution in [2.24, 2.45) is 23.7 Å². The van der Waals surface area contributed by atoms with Gasteiger partial charge >= 0.3 is 39.5 Å². The van der Waals surface area contributed by atoms with Crippen LogP contribution >= 0.6 is 15.6 Å². The van der Waals surface area contributed by atoms with Crippen molar-refractivity contribution < 1.29 is 80.2 Å². The lowest BCUT2D eigenvalue weighted by atomic mass is 9.99. The Morgan fingerprint density at radius 1 is 0.311 bits per heavy atom. The molecule has 19 heteroatoms. The van der Waals surface area contributed by atoms with Crippen LogP contribution in [0.5, 0.6) is 0 Å². The highest BCUT2D eigenvalue weighted by atomic mass is 31.2. The van der Waals surface area contributed by atoms with Crippen LogP contribution in [0.3, 0.4) is 0 Å². The lowest BCUT2D eigenvalue weighted by Crippen LogP contribution is -2.30. The molecule has 0 bridgehead atoms. The number of phosphoric ester groups is 2. The molecule has 0 radical (unpaired) electrons. The summed E-state index contributed by atoms with van der Waals surface area (Å²) in [5.41, 5.74) is 0. The van der Waals surface area contributed by atoms with E-state index in [2.05, 4.69) is 55.4 Å². The average Bonchev–Trinajstić information content (AvgIpc) is 2.93. The van der Waals surface area contributed by atoms with Crippen LogP contribution in [-0.4, -0.2) is 96.7 Å². The first-order chi connectivity index (χ1) is 43.1. The van der Waals surface area contributed by atoms with Crippen molar-refractivity contribution in [3.8, 4) is 0 Å². The van der Waals surface area contributed by atoms with E-state index in [1.165, 1.54) is 141 Å². The van der Waals surface area contributed by atoms with Crippen LogP contribution in [0.15, 0.2) is 0 Å². The number of phosphoric acid groups is 2. The van der Waals surface area contributed by atoms with Gasteiger partial charge in [0.25, 0.3) is 0 Å². The second-order valence-electron chi connectivity index (χ2n) is 27.3. The minimum atomic E-state index is -4.95. The smallest absolute Gasteiger partial charge is 0.462 e. The maximum absolute atomic E-state index is 13.0. The van der Waals surface area contributed by atoms with Gasteiger partial charge in [-0.1, -0.05) is 299 Å². The van der Waals surface area contributed by atoms with Gasteiger partial charge in [-0.3, -0.25) is 37.3 Å². The molecule has 6 atom stereocenters. The Hall–Kier alpha value is -1.94. The molecule has 90 heavy (non-hydrogen) atoms. The molecule has 0 saturated carbocycles. The van der Waals surface area contributed by atoms with Crippen LogP contribution in [0.25, 0.3) is 0 Å². The first kappa shape index (κ1) is 88.1. The van der Waals surface area contributed by atoms with Crippen LogP contribution in [0.1, 0.15) is 351 Å². The number of hydrogen-bond acceptors (Lipinski definition) is 15. The normalized spacial score (nSPS) is 14.6. The van der Waals surface area contributed by atoms with Gasteiger partial charge in [0.2, 0.25) is 0 Å². The van der Waals surface area contributed by atoms with Gasteiger partial charge in [-0.05, 0) is 49.4 Å². The molecular formula is C71H138O17P2. The lowest BCUT2D eigenvalue weighted by Gasteiger charge is -2.21. The van der Waals surface area contributed by atoms with E-state index in [1.807, 2.05) is 0 Å². The van der Waals surface area contributed by atoms with Crippen molar-refractivity contribution in [1.29, 1.82) is 0 Å². The van der Waals surface area contributed by atoms with Crippen molar-refractivity contribution in [1.82, 2.24) is 0 Å². The number of ether oxygens (including phenoxy) is 4. The number of rotatable bonds is 68. The van der Waals surface area contributed by atoms with Gasteiger partial charge in [-0.25, -0.2) is 9.13 Å². The quantitative estimate of drug-likeness (QED) is 0.0222. The van der Waals surface area contributed by atoms with Gasteiger partial charge in [0.15, 0.2) is 12.2 Å². The molecule has 0 rings (SSSR count). The fourth-order valence-electron chi connectivity index (χ4n) is 10.6. The third kappa shape index (κ3) is 63.5. The van der Waals surface area contributed by atoms with Crippen molar-refractivity contribution in [3.05, 3.63) is 0 Å². The molecular weight excluding hydrogens is 1190 g/mol. The van der Waals surface area contributed by atoms with E-state index in [4.69, 9.17) is 37.0 Å². The number of unbranched alkanes of at least 4 members (excludes halogenated alkanes) is 33. The summed E-state index contributed by atoms with van der Waals surface area (Å²) >= 11 is 0. The topological polar surface area (TPSA) is 237 Å². The highest BCUT2D eigenvalue weighted by Gasteiger charge is 2.30. The SMILES string of the molecule is CCC(C)CCCCCCCCCCCCCCCCC(=O)O[C@H](COC(=O)CCCCCCCCCC(C)C)COP(=O)(O)OCC(O)COP(=O)(O)OC[C@@H](COC(=O)CCCCCCCCCC(C)C)OC(=O)CCCCCCCCCCCC(C)C. The number of hydrogen-bond donors (Lipinski definition) is 3. The number of carbonyl (C=O) groups excluding carboxylic acids is 4. The summed E-state index contributed by atoms with van der Waals surface area (Å²) in [6.07, 6.45) is 43.2. The fourth-order valence-corrected chi connectivity index (χ4v) is 12.2. The van der Waals surface area contributed by atoms with Crippen LogP contribution in [0.2, 0.25) is 0 Å². The predicted molar refractivity (Wildman–Crippen MR) is 363 cm³/mol. The molecule has 0 aliphatic rings. The molecule has 17 nitrogen and oxygen atoms in total. The molecule has 0 fully saturated rings. The van der Waals surface area contributed by atoms with Gasteiger partial charge < -0.3 is 33.8 Å². The van der Waals surface area contributed by atoms with Gasteiger partial charge in [-0.15, -0.1) is 0 Å². The zero-order valence-corrected chi connectivity index (χ0v) is 60.6. The summed E-state index contributed by atoms with van der Waals surface area (Å²) in [5.74, 6) is 0.862. The molecule has 0 spiro atoms. The number of esters is 4. The van der Waals surface area contributed by atoms with Gasteiger partial charge in [0.1, 0.15) is 19.3 Å². The van der Waals surface area contributed by atoms with Gasteiger partial charge in [-0.2, -0.15) is 0 Å². The van der Waals surface area contributed by atoms with Crippen molar-refractivity contribution >= 4 is 39.5 Å². The maximum atomic E-state index is 13.0. The Morgan fingerprint density at radius 2 is 0.533 bits per heavy atom. The zero-order chi connectivity index (χ0) is 66.8. The number of aliphatic hydroxyl groups excluding tert-OH is 1. The van der Waals surface area contributed by atoms with E-state index in [1.54, 1.807) is 0 Å². The van der Waals surface area contributed by atoms with Crippen molar-refractivity contribution in [2.45, 2.75) is 369 Å². The van der Waals surface area contributed by atoms with Crippen LogP contribution in [0.4, 0.5) is 0 Å². The van der Waals surface area contributed by atoms with E-state index in [9.17, 15) is 43.2 Å². The second-order valence-corrected chi connectivity index (χ2v) is 30.2. The molecule has 0 aliphatic carbocycles. The molecule has 534 valence electrons. The highest BCUT2D eigenvalue weighted by molar-refractivity contribution is 7.47. The minimum Gasteiger partial charge on any atom is -0.462 e. The third-order valence-corrected chi connectivity index (χ3v) is 18.6. The van der Waals surface area contributed by atoms with Crippen LogP contribution < -0.4 is 0 Å². The molecule has 3 N–H and O–H groups in total. The van der Waals surface area contributed by atoms with E-state index in [-0.39, 0.29) is 25.7 Å². The largest absolute Gasteiger partial charge is 0.472 e. The van der Waals surface area contributed by atoms with E-state index >= 15 is 0 Å². The average molecular weight is 1330 g/mol. The van der Waals surface area contributed by atoms with Gasteiger partial charge in [0, 0.05) is 25.7 Å². The molecule has 0 amide bonds. The van der Waals surface area contributed by atoms with E-state index in [0.29, 0.717) is 37.5 Å². The monoisotopic (exact) mass is 1320 g/mol. The van der Waals surface area contributed by atoms with Crippen molar-refractivity contribution in [3.63, 3.8) is 0 Å². The van der Waals surface area contributed by atoms with E-state index in [0.717, 1.165) is 115 Å². The molecule has 0 saturated heterocycles. The van der Waals surface area contributed by atoms with Crippen LogP contribution in [0, 0.1) is 23.7 Å². The fraction of sp³-hybridized carbons (Fsp3) is 0.944. The first-order valence-corrected chi connectivity index (χ1v) is 39.7. The molecule has 0 aromatic rings. The van der Waals surface area contributed by atoms with Crippen LogP contribution in [-0.2, 0) is 65.4 Å².